The van der Waals surface area contributed by atoms with E-state index < -0.39 is 15.5 Å². The molecule has 0 saturated heterocycles. The molecule has 2 aliphatic rings. The first kappa shape index (κ1) is 21.2. The van der Waals surface area contributed by atoms with Crippen molar-refractivity contribution in [1.82, 2.24) is 14.3 Å². The molecule has 4 rings (SSSR count). The smallest absolute Gasteiger partial charge is 0.361 e. The summed E-state index contributed by atoms with van der Waals surface area (Å²) in [6.45, 7) is -0.0614. The Bertz CT molecular complexity index is 957. The van der Waals surface area contributed by atoms with Crippen LogP contribution >= 0.6 is 0 Å². The fourth-order valence-corrected chi connectivity index (χ4v) is 5.61. The molecule has 1 aliphatic carbocycles. The summed E-state index contributed by atoms with van der Waals surface area (Å²) in [7, 11) is -5.43. The van der Waals surface area contributed by atoms with Crippen molar-refractivity contribution in [3.8, 4) is 0 Å². The van der Waals surface area contributed by atoms with Gasteiger partial charge in [0.1, 0.15) is 0 Å². The second-order valence-corrected chi connectivity index (χ2v) is 10.0. The maximum absolute atomic E-state index is 13.4. The quantitative estimate of drug-likeness (QED) is 0.759. The summed E-state index contributed by atoms with van der Waals surface area (Å²) in [5.41, 5.74) is -3.15. The average molecular weight is 443 g/mol. The summed E-state index contributed by atoms with van der Waals surface area (Å²) in [5.74, 6) is 0.389. The number of aromatic nitrogens is 2. The Labute approximate surface area is 174 Å². The normalized spacial score (nSPS) is 21.6. The van der Waals surface area contributed by atoms with Crippen molar-refractivity contribution in [2.45, 2.75) is 56.7 Å². The van der Waals surface area contributed by atoms with E-state index in [1.165, 1.54) is 0 Å². The third-order valence-corrected chi connectivity index (χ3v) is 7.65. The molecule has 0 spiro atoms. The molecule has 0 amide bonds. The molecule has 2 aromatic rings. The number of aromatic amines is 1. The van der Waals surface area contributed by atoms with Crippen molar-refractivity contribution in [2.75, 3.05) is 11.4 Å². The minimum Gasteiger partial charge on any atom is -0.361 e. The van der Waals surface area contributed by atoms with E-state index in [4.69, 9.17) is 0 Å². The number of H-pyrrole nitrogens is 1. The van der Waals surface area contributed by atoms with Gasteiger partial charge in [0.05, 0.1) is 18.6 Å². The van der Waals surface area contributed by atoms with Crippen LogP contribution in [0, 0.1) is 5.92 Å². The molecule has 10 heteroatoms. The van der Waals surface area contributed by atoms with Gasteiger partial charge in [0.25, 0.3) is 0 Å². The minimum atomic E-state index is -5.43. The molecule has 1 aliphatic heterocycles. The lowest BCUT2D eigenvalue weighted by Crippen LogP contribution is -2.47. The number of nitrogens with one attached hydrogen (secondary N) is 1. The van der Waals surface area contributed by atoms with Crippen molar-refractivity contribution >= 4 is 15.7 Å². The van der Waals surface area contributed by atoms with E-state index in [1.807, 2.05) is 17.0 Å². The number of para-hydroxylation sites is 1. The highest BCUT2D eigenvalue weighted by Crippen LogP contribution is 2.38. The Morgan fingerprint density at radius 2 is 1.90 bits per heavy atom. The Hall–Kier alpha value is -2.07. The van der Waals surface area contributed by atoms with Gasteiger partial charge in [-0.3, -0.25) is 0 Å². The molecular formula is C20H25F3N4O2S. The number of alkyl halides is 3. The zero-order valence-corrected chi connectivity index (χ0v) is 17.3. The number of benzene rings is 1. The Kier molecular flexibility index (Phi) is 5.80. The summed E-state index contributed by atoms with van der Waals surface area (Å²) < 4.78 is 65.5. The summed E-state index contributed by atoms with van der Waals surface area (Å²) >= 11 is 0. The Morgan fingerprint density at radius 1 is 1.17 bits per heavy atom. The van der Waals surface area contributed by atoms with Crippen molar-refractivity contribution in [3.63, 3.8) is 0 Å². The number of rotatable bonds is 5. The molecular weight excluding hydrogens is 417 g/mol. The van der Waals surface area contributed by atoms with Crippen LogP contribution in [-0.4, -0.2) is 40.8 Å². The van der Waals surface area contributed by atoms with Gasteiger partial charge in [-0.2, -0.15) is 17.5 Å². The molecule has 0 radical (unpaired) electrons. The van der Waals surface area contributed by atoms with Crippen molar-refractivity contribution in [3.05, 3.63) is 48.0 Å². The number of fused-ring (bicyclic) bond motifs is 1. The number of halogens is 3. The minimum absolute atomic E-state index is 0.193. The van der Waals surface area contributed by atoms with Gasteiger partial charge in [0.2, 0.25) is 0 Å². The summed E-state index contributed by atoms with van der Waals surface area (Å²) in [6, 6.07) is 6.75. The van der Waals surface area contributed by atoms with Crippen LogP contribution in [0.5, 0.6) is 0 Å². The number of hydrogen-bond acceptors (Lipinski definition) is 4. The van der Waals surface area contributed by atoms with Crippen LogP contribution in [0.3, 0.4) is 0 Å². The monoisotopic (exact) mass is 442 g/mol. The van der Waals surface area contributed by atoms with Crippen molar-refractivity contribution in [2.24, 2.45) is 5.92 Å². The molecule has 1 N–H and O–H groups in total. The SMILES string of the molecule is O=S(=O)(N1Cc2ccccc2N(Cc2cnc[nH]2)[C@@H](CC2CCCC2)C1)C(F)(F)F. The predicted octanol–water partition coefficient (Wildman–Crippen LogP) is 4.03. The van der Waals surface area contributed by atoms with Crippen LogP contribution in [0.25, 0.3) is 0 Å². The second kappa shape index (κ2) is 8.22. The van der Waals surface area contributed by atoms with Gasteiger partial charge >= 0.3 is 15.5 Å². The van der Waals surface area contributed by atoms with Crippen LogP contribution in [-0.2, 0) is 23.1 Å². The zero-order valence-electron chi connectivity index (χ0n) is 16.5. The third-order valence-electron chi connectivity index (χ3n) is 6.11. The Morgan fingerprint density at radius 3 is 2.57 bits per heavy atom. The zero-order chi connectivity index (χ0) is 21.4. The molecule has 2 heterocycles. The van der Waals surface area contributed by atoms with Gasteiger partial charge in [0, 0.05) is 31.0 Å². The summed E-state index contributed by atoms with van der Waals surface area (Å²) in [6.07, 6.45) is 8.18. The van der Waals surface area contributed by atoms with Gasteiger partial charge in [0.15, 0.2) is 0 Å². The van der Waals surface area contributed by atoms with Crippen molar-refractivity contribution in [1.29, 1.82) is 0 Å². The van der Waals surface area contributed by atoms with E-state index in [-0.39, 0.29) is 19.1 Å². The fraction of sp³-hybridized carbons (Fsp3) is 0.550. The number of hydrogen-bond donors (Lipinski definition) is 1. The Balaban J connectivity index is 1.75. The topological polar surface area (TPSA) is 69.3 Å². The predicted molar refractivity (Wildman–Crippen MR) is 107 cm³/mol. The maximum atomic E-state index is 13.4. The highest BCUT2D eigenvalue weighted by molar-refractivity contribution is 7.89. The molecule has 6 nitrogen and oxygen atoms in total. The van der Waals surface area contributed by atoms with Crippen LogP contribution in [0.2, 0.25) is 0 Å². The van der Waals surface area contributed by atoms with E-state index in [9.17, 15) is 21.6 Å². The molecule has 30 heavy (non-hydrogen) atoms. The molecule has 164 valence electrons. The summed E-state index contributed by atoms with van der Waals surface area (Å²) in [4.78, 5) is 9.14. The lowest BCUT2D eigenvalue weighted by Gasteiger charge is -2.35. The van der Waals surface area contributed by atoms with E-state index >= 15 is 0 Å². The standard InChI is InChI=1S/C20H25F3N4O2S/c21-20(22,23)30(28,29)26-11-16-7-3-4-8-19(16)27(12-17-10-24-14-25-17)18(13-26)9-15-5-1-2-6-15/h3-4,7-8,10,14-15,18H,1-2,5-6,9,11-13H2,(H,24,25)/t18-/m0/s1. The highest BCUT2D eigenvalue weighted by Gasteiger charge is 2.51. The van der Waals surface area contributed by atoms with Crippen LogP contribution in [0.1, 0.15) is 43.4 Å². The number of sulfonamides is 1. The first-order valence-electron chi connectivity index (χ1n) is 10.1. The number of imidazole rings is 1. The van der Waals surface area contributed by atoms with Crippen LogP contribution < -0.4 is 4.90 Å². The van der Waals surface area contributed by atoms with E-state index in [0.29, 0.717) is 28.8 Å². The molecule has 1 saturated carbocycles. The van der Waals surface area contributed by atoms with E-state index in [2.05, 4.69) is 9.97 Å². The van der Waals surface area contributed by atoms with Gasteiger partial charge in [-0.05, 0) is 24.0 Å². The molecule has 1 aromatic heterocycles. The van der Waals surface area contributed by atoms with Crippen LogP contribution in [0.15, 0.2) is 36.8 Å². The molecule has 0 bridgehead atoms. The number of anilines is 1. The van der Waals surface area contributed by atoms with Gasteiger partial charge in [-0.1, -0.05) is 43.9 Å². The molecule has 1 fully saturated rings. The van der Waals surface area contributed by atoms with Gasteiger partial charge < -0.3 is 9.88 Å². The first-order valence-corrected chi connectivity index (χ1v) is 11.6. The first-order chi connectivity index (χ1) is 14.3. The molecule has 1 atom stereocenters. The maximum Gasteiger partial charge on any atom is 0.511 e. The lowest BCUT2D eigenvalue weighted by molar-refractivity contribution is -0.0492. The molecule has 1 aromatic carbocycles. The second-order valence-electron chi connectivity index (χ2n) is 8.12. The summed E-state index contributed by atoms with van der Waals surface area (Å²) in [5, 5.41) is 0. The third kappa shape index (κ3) is 4.20. The van der Waals surface area contributed by atoms with Crippen LogP contribution in [0.4, 0.5) is 18.9 Å². The largest absolute Gasteiger partial charge is 0.511 e. The lowest BCUT2D eigenvalue weighted by atomic mass is 9.96. The average Bonchev–Trinajstić information content (AvgIpc) is 3.36. The van der Waals surface area contributed by atoms with Gasteiger partial charge in [-0.25, -0.2) is 13.4 Å². The van der Waals surface area contributed by atoms with E-state index in [1.54, 1.807) is 24.7 Å². The molecule has 0 unspecified atom stereocenters. The van der Waals surface area contributed by atoms with E-state index in [0.717, 1.165) is 37.1 Å². The van der Waals surface area contributed by atoms with Crippen molar-refractivity contribution < 1.29 is 21.6 Å². The highest BCUT2D eigenvalue weighted by atomic mass is 32.2. The fourth-order valence-electron chi connectivity index (χ4n) is 4.64. The number of nitrogens with zero attached hydrogens (tertiary/aromatic N) is 3. The van der Waals surface area contributed by atoms with Gasteiger partial charge in [-0.15, -0.1) is 0 Å².